The number of carboxylic acids is 2. The fourth-order valence-electron chi connectivity index (χ4n) is 3.77. The number of carboxylic acid groups (broad SMARTS) is 2. The minimum absolute atomic E-state index is 0.240. The molecule has 0 bridgehead atoms. The highest BCUT2D eigenvalue weighted by molar-refractivity contribution is 5.68. The molecule has 0 aromatic rings. The van der Waals surface area contributed by atoms with Gasteiger partial charge in [-0.05, 0) is 51.4 Å². The normalized spacial score (nSPS) is 13.7. The van der Waals surface area contributed by atoms with Gasteiger partial charge in [-0.1, -0.05) is 137 Å². The fraction of sp³-hybridized carbons (Fsp3) is 0.579. The van der Waals surface area contributed by atoms with Crippen LogP contribution in [0.2, 0.25) is 0 Å². The first-order valence-electron chi connectivity index (χ1n) is 16.9. The Morgan fingerprint density at radius 3 is 1.48 bits per heavy atom. The molecular formula is C38H62O8. The van der Waals surface area contributed by atoms with Crippen LogP contribution in [0, 0.1) is 0 Å². The van der Waals surface area contributed by atoms with Crippen LogP contribution in [0.5, 0.6) is 0 Å². The topological polar surface area (TPSA) is 134 Å². The Balaban J connectivity index is 0. The van der Waals surface area contributed by atoms with Crippen LogP contribution in [0.3, 0.4) is 0 Å². The molecule has 0 aromatic heterocycles. The van der Waals surface area contributed by atoms with Gasteiger partial charge in [0.25, 0.3) is 0 Å². The summed E-state index contributed by atoms with van der Waals surface area (Å²) in [5, 5.41) is 36.1. The summed E-state index contributed by atoms with van der Waals surface area (Å²) in [7, 11) is 0. The van der Waals surface area contributed by atoms with E-state index in [-0.39, 0.29) is 25.4 Å². The van der Waals surface area contributed by atoms with E-state index in [0.29, 0.717) is 13.2 Å². The summed E-state index contributed by atoms with van der Waals surface area (Å²) in [5.74, 6) is -1.89. The molecule has 4 N–H and O–H groups in total. The molecule has 46 heavy (non-hydrogen) atoms. The molecule has 2 atom stereocenters. The van der Waals surface area contributed by atoms with Gasteiger partial charge < -0.3 is 29.9 Å². The number of unbranched alkanes of at least 4 members (excludes halogenated alkanes) is 7. The average molecular weight is 647 g/mol. The van der Waals surface area contributed by atoms with Gasteiger partial charge in [0, 0.05) is 0 Å². The van der Waals surface area contributed by atoms with Crippen molar-refractivity contribution >= 4 is 11.9 Å². The van der Waals surface area contributed by atoms with Crippen molar-refractivity contribution in [2.45, 2.75) is 116 Å². The van der Waals surface area contributed by atoms with Crippen LogP contribution < -0.4 is 0 Å². The molecule has 0 rings (SSSR count). The van der Waals surface area contributed by atoms with Crippen molar-refractivity contribution in [1.82, 2.24) is 0 Å². The number of rotatable bonds is 29. The van der Waals surface area contributed by atoms with Crippen molar-refractivity contribution in [1.29, 1.82) is 0 Å². The summed E-state index contributed by atoms with van der Waals surface area (Å²) in [5.41, 5.74) is 0. The molecule has 0 aliphatic carbocycles. The van der Waals surface area contributed by atoms with Gasteiger partial charge in [0.2, 0.25) is 0 Å². The molecule has 8 heteroatoms. The van der Waals surface area contributed by atoms with Gasteiger partial charge in [0.15, 0.2) is 0 Å². The number of carbonyl (C=O) groups is 2. The highest BCUT2D eigenvalue weighted by Crippen LogP contribution is 2.06. The minimum Gasteiger partial charge on any atom is -0.480 e. The zero-order valence-electron chi connectivity index (χ0n) is 28.4. The molecule has 0 aliphatic rings. The molecule has 0 fully saturated rings. The van der Waals surface area contributed by atoms with E-state index in [0.717, 1.165) is 64.2 Å². The summed E-state index contributed by atoms with van der Waals surface area (Å²) in [6.07, 6.45) is 41.1. The number of hydrogen-bond acceptors (Lipinski definition) is 6. The van der Waals surface area contributed by atoms with E-state index in [4.69, 9.17) is 19.7 Å². The first-order valence-corrected chi connectivity index (χ1v) is 16.9. The lowest BCUT2D eigenvalue weighted by atomic mass is 10.1. The molecular weight excluding hydrogens is 584 g/mol. The van der Waals surface area contributed by atoms with Gasteiger partial charge in [0.1, 0.15) is 13.2 Å². The third kappa shape index (κ3) is 43.1. The fourth-order valence-corrected chi connectivity index (χ4v) is 3.77. The Kier molecular flexibility index (Phi) is 37.4. The quantitative estimate of drug-likeness (QED) is 0.0362. The van der Waals surface area contributed by atoms with Gasteiger partial charge in [-0.25, -0.2) is 9.59 Å². The van der Waals surface area contributed by atoms with Gasteiger partial charge >= 0.3 is 11.9 Å². The molecule has 0 aromatic carbocycles. The summed E-state index contributed by atoms with van der Waals surface area (Å²) >= 11 is 0. The van der Waals surface area contributed by atoms with Gasteiger partial charge in [-0.3, -0.25) is 0 Å². The van der Waals surface area contributed by atoms with Crippen molar-refractivity contribution in [3.8, 4) is 0 Å². The van der Waals surface area contributed by atoms with E-state index in [1.807, 2.05) is 72.9 Å². The highest BCUT2D eigenvalue weighted by atomic mass is 16.5. The summed E-state index contributed by atoms with van der Waals surface area (Å²) in [4.78, 5) is 20.4. The zero-order chi connectivity index (χ0) is 34.4. The standard InChI is InChI=1S/C19H32O4.C19H30O4/c2*1-2-3-11-14-18(20)15-12-9-7-5-4-6-8-10-13-16-23-17-19(21)22/h7,9-10,12-13,15,18,20H,2-6,8,11,14,16-17H2,1H3,(H,21,22);4,6-7,9-10,12-13,15,18,20H,2-3,5,8,11,14,16-17H2,1H3,(H,21,22)/b9-7-,13-10-,15-12+;6-4-,9-7-,13-10-,15-12+. The third-order valence-corrected chi connectivity index (χ3v) is 6.28. The second kappa shape index (κ2) is 38.1. The predicted octanol–water partition coefficient (Wildman–Crippen LogP) is 8.29. The number of allylic oxidation sites excluding steroid dienone is 10. The van der Waals surface area contributed by atoms with E-state index < -0.39 is 11.9 Å². The Hall–Kier alpha value is -3.04. The minimum atomic E-state index is -0.951. The molecule has 0 saturated carbocycles. The van der Waals surface area contributed by atoms with E-state index in [1.165, 1.54) is 25.7 Å². The lowest BCUT2D eigenvalue weighted by Gasteiger charge is -2.03. The summed E-state index contributed by atoms with van der Waals surface area (Å²) in [6, 6.07) is 0. The highest BCUT2D eigenvalue weighted by Gasteiger charge is 1.97. The summed E-state index contributed by atoms with van der Waals surface area (Å²) in [6.45, 7) is 4.50. The van der Waals surface area contributed by atoms with Crippen molar-refractivity contribution in [3.63, 3.8) is 0 Å². The third-order valence-electron chi connectivity index (χ3n) is 6.28. The SMILES string of the molecule is CCCCCC(O)/C=C/C=C\C/C=C\C/C=C\COCC(=O)O.CCCCCC(O)/C=C/C=C\CCCC/C=C\COCC(=O)O. The first-order chi connectivity index (χ1) is 22.3. The van der Waals surface area contributed by atoms with Gasteiger partial charge in [-0.2, -0.15) is 0 Å². The number of aliphatic hydroxyl groups excluding tert-OH is 2. The monoisotopic (exact) mass is 646 g/mol. The van der Waals surface area contributed by atoms with E-state index in [2.05, 4.69) is 26.0 Å². The Labute approximate surface area is 278 Å². The van der Waals surface area contributed by atoms with Crippen molar-refractivity contribution in [2.24, 2.45) is 0 Å². The second-order valence-electron chi connectivity index (χ2n) is 10.7. The number of aliphatic carboxylic acids is 2. The maximum atomic E-state index is 10.2. The van der Waals surface area contributed by atoms with Crippen LogP contribution in [0.25, 0.3) is 0 Å². The Morgan fingerprint density at radius 1 is 0.543 bits per heavy atom. The number of ether oxygens (including phenoxy) is 2. The maximum absolute atomic E-state index is 10.2. The molecule has 0 heterocycles. The van der Waals surface area contributed by atoms with Gasteiger partial charge in [-0.15, -0.1) is 0 Å². The van der Waals surface area contributed by atoms with Crippen LogP contribution in [-0.2, 0) is 19.1 Å². The van der Waals surface area contributed by atoms with Crippen molar-refractivity contribution in [2.75, 3.05) is 26.4 Å². The largest absolute Gasteiger partial charge is 0.480 e. The molecule has 0 saturated heterocycles. The molecule has 0 spiro atoms. The van der Waals surface area contributed by atoms with Crippen molar-refractivity contribution in [3.05, 3.63) is 85.1 Å². The lowest BCUT2D eigenvalue weighted by Crippen LogP contribution is -2.06. The number of hydrogen-bond donors (Lipinski definition) is 4. The van der Waals surface area contributed by atoms with Crippen LogP contribution in [0.15, 0.2) is 85.1 Å². The number of aliphatic hydroxyl groups is 2. The lowest BCUT2D eigenvalue weighted by molar-refractivity contribution is -0.142. The molecule has 0 radical (unpaired) electrons. The maximum Gasteiger partial charge on any atom is 0.329 e. The average Bonchev–Trinajstić information content (AvgIpc) is 3.02. The summed E-state index contributed by atoms with van der Waals surface area (Å²) < 4.78 is 9.76. The molecule has 2 unspecified atom stereocenters. The first kappa shape index (κ1) is 45.1. The van der Waals surface area contributed by atoms with Crippen LogP contribution in [-0.4, -0.2) is 71.0 Å². The zero-order valence-corrected chi connectivity index (χ0v) is 28.4. The Morgan fingerprint density at radius 2 is 0.978 bits per heavy atom. The van der Waals surface area contributed by atoms with E-state index in [1.54, 1.807) is 0 Å². The van der Waals surface area contributed by atoms with Crippen molar-refractivity contribution < 1.29 is 39.5 Å². The van der Waals surface area contributed by atoms with E-state index in [9.17, 15) is 19.8 Å². The smallest absolute Gasteiger partial charge is 0.329 e. The molecule has 0 aliphatic heterocycles. The van der Waals surface area contributed by atoms with Crippen LogP contribution in [0.1, 0.15) is 104 Å². The molecule has 262 valence electrons. The van der Waals surface area contributed by atoms with Gasteiger partial charge in [0.05, 0.1) is 25.4 Å². The van der Waals surface area contributed by atoms with Crippen LogP contribution >= 0.6 is 0 Å². The van der Waals surface area contributed by atoms with Crippen LogP contribution in [0.4, 0.5) is 0 Å². The predicted molar refractivity (Wildman–Crippen MR) is 189 cm³/mol. The molecule has 8 nitrogen and oxygen atoms in total. The van der Waals surface area contributed by atoms with E-state index >= 15 is 0 Å². The second-order valence-corrected chi connectivity index (χ2v) is 10.7. The Bertz CT molecular complexity index is 898. The molecule has 0 amide bonds.